The van der Waals surface area contributed by atoms with Gasteiger partial charge in [-0.3, -0.25) is 0 Å². The molecule has 1 unspecified atom stereocenters. The zero-order valence-electron chi connectivity index (χ0n) is 10.3. The van der Waals surface area contributed by atoms with E-state index >= 15 is 0 Å². The second-order valence-electron chi connectivity index (χ2n) is 4.41. The molecular weight excluding hydrogens is 234 g/mol. The summed E-state index contributed by atoms with van der Waals surface area (Å²) in [6.07, 6.45) is 0. The van der Waals surface area contributed by atoms with Gasteiger partial charge in [0.15, 0.2) is 0 Å². The molecule has 0 aliphatic rings. The smallest absolute Gasteiger partial charge is 0.121 e. The van der Waals surface area contributed by atoms with Crippen molar-refractivity contribution in [3.8, 4) is 0 Å². The maximum Gasteiger partial charge on any atom is 0.121 e. The first kappa shape index (κ1) is 12.3. The number of hydrogen-bond acceptors (Lipinski definition) is 5. The molecule has 5 heteroatoms. The Morgan fingerprint density at radius 3 is 2.76 bits per heavy atom. The highest BCUT2D eigenvalue weighted by Gasteiger charge is 2.17. The van der Waals surface area contributed by atoms with Crippen LogP contribution in [-0.4, -0.2) is 10.3 Å². The lowest BCUT2D eigenvalue weighted by Gasteiger charge is -2.20. The SMILES string of the molecule is Cc1nonc1CNC(c1cccs1)C(C)C. The van der Waals surface area contributed by atoms with E-state index in [0.29, 0.717) is 18.5 Å². The molecule has 92 valence electrons. The number of rotatable bonds is 5. The number of thiophene rings is 1. The van der Waals surface area contributed by atoms with Gasteiger partial charge < -0.3 is 5.32 Å². The first-order valence-corrected chi connectivity index (χ1v) is 6.61. The molecule has 2 rings (SSSR count). The first-order chi connectivity index (χ1) is 8.18. The fourth-order valence-electron chi connectivity index (χ4n) is 1.75. The summed E-state index contributed by atoms with van der Waals surface area (Å²) in [5, 5.41) is 13.3. The largest absolute Gasteiger partial charge is 0.303 e. The lowest BCUT2D eigenvalue weighted by atomic mass is 10.0. The van der Waals surface area contributed by atoms with Gasteiger partial charge in [-0.25, -0.2) is 4.63 Å². The predicted molar refractivity (Wildman–Crippen MR) is 67.8 cm³/mol. The molecule has 0 aliphatic carbocycles. The summed E-state index contributed by atoms with van der Waals surface area (Å²) in [6, 6.07) is 4.60. The van der Waals surface area contributed by atoms with Crippen LogP contribution in [0.25, 0.3) is 0 Å². The van der Waals surface area contributed by atoms with E-state index in [9.17, 15) is 0 Å². The normalized spacial score (nSPS) is 13.2. The average molecular weight is 251 g/mol. The molecule has 2 heterocycles. The number of nitrogens with one attached hydrogen (secondary N) is 1. The molecule has 0 saturated heterocycles. The van der Waals surface area contributed by atoms with E-state index in [4.69, 9.17) is 4.63 Å². The van der Waals surface area contributed by atoms with Crippen molar-refractivity contribution >= 4 is 11.3 Å². The molecule has 1 N–H and O–H groups in total. The van der Waals surface area contributed by atoms with E-state index in [1.54, 1.807) is 11.3 Å². The summed E-state index contributed by atoms with van der Waals surface area (Å²) in [7, 11) is 0. The maximum atomic E-state index is 4.69. The molecule has 2 aromatic heterocycles. The number of nitrogens with zero attached hydrogens (tertiary/aromatic N) is 2. The summed E-state index contributed by atoms with van der Waals surface area (Å²) in [5.41, 5.74) is 1.73. The second-order valence-corrected chi connectivity index (χ2v) is 5.39. The van der Waals surface area contributed by atoms with Gasteiger partial charge in [0.2, 0.25) is 0 Å². The third-order valence-corrected chi connectivity index (χ3v) is 3.71. The monoisotopic (exact) mass is 251 g/mol. The molecule has 0 saturated carbocycles. The highest BCUT2D eigenvalue weighted by atomic mass is 32.1. The fraction of sp³-hybridized carbons (Fsp3) is 0.500. The Kier molecular flexibility index (Phi) is 3.91. The van der Waals surface area contributed by atoms with Crippen molar-refractivity contribution in [1.82, 2.24) is 15.6 Å². The van der Waals surface area contributed by atoms with Crippen molar-refractivity contribution in [2.45, 2.75) is 33.4 Å². The average Bonchev–Trinajstić information content (AvgIpc) is 2.91. The van der Waals surface area contributed by atoms with Gasteiger partial charge in [-0.2, -0.15) is 0 Å². The second kappa shape index (κ2) is 5.42. The summed E-state index contributed by atoms with van der Waals surface area (Å²) in [5.74, 6) is 0.536. The maximum absolute atomic E-state index is 4.69. The zero-order chi connectivity index (χ0) is 12.3. The van der Waals surface area contributed by atoms with Crippen molar-refractivity contribution in [3.63, 3.8) is 0 Å². The third-order valence-electron chi connectivity index (χ3n) is 2.75. The molecule has 0 radical (unpaired) electrons. The Balaban J connectivity index is 2.02. The van der Waals surface area contributed by atoms with Crippen LogP contribution in [0.1, 0.15) is 36.2 Å². The van der Waals surface area contributed by atoms with Crippen LogP contribution >= 0.6 is 11.3 Å². The Hall–Kier alpha value is -1.20. The molecular formula is C12H17N3OS. The molecule has 17 heavy (non-hydrogen) atoms. The minimum absolute atomic E-state index is 0.353. The Morgan fingerprint density at radius 1 is 1.41 bits per heavy atom. The van der Waals surface area contributed by atoms with Crippen LogP contribution in [0.2, 0.25) is 0 Å². The van der Waals surface area contributed by atoms with E-state index in [1.165, 1.54) is 4.88 Å². The Labute approximate surface area is 105 Å². The molecule has 2 aromatic rings. The van der Waals surface area contributed by atoms with Crippen molar-refractivity contribution in [3.05, 3.63) is 33.8 Å². The minimum Gasteiger partial charge on any atom is -0.303 e. The van der Waals surface area contributed by atoms with Gasteiger partial charge in [-0.1, -0.05) is 30.2 Å². The van der Waals surface area contributed by atoms with Gasteiger partial charge in [0, 0.05) is 17.5 Å². The van der Waals surface area contributed by atoms with E-state index < -0.39 is 0 Å². The van der Waals surface area contributed by atoms with Crippen LogP contribution in [0.5, 0.6) is 0 Å². The van der Waals surface area contributed by atoms with Crippen molar-refractivity contribution in [2.24, 2.45) is 5.92 Å². The molecule has 4 nitrogen and oxygen atoms in total. The molecule has 1 atom stereocenters. The van der Waals surface area contributed by atoms with Gasteiger partial charge in [0.05, 0.1) is 0 Å². The van der Waals surface area contributed by atoms with Gasteiger partial charge in [-0.05, 0) is 24.3 Å². The van der Waals surface area contributed by atoms with Crippen LogP contribution in [-0.2, 0) is 6.54 Å². The Bertz CT molecular complexity index is 450. The number of aromatic nitrogens is 2. The first-order valence-electron chi connectivity index (χ1n) is 5.73. The van der Waals surface area contributed by atoms with Crippen molar-refractivity contribution in [2.75, 3.05) is 0 Å². The van der Waals surface area contributed by atoms with Crippen LogP contribution in [0.4, 0.5) is 0 Å². The van der Waals surface area contributed by atoms with Gasteiger partial charge >= 0.3 is 0 Å². The van der Waals surface area contributed by atoms with Crippen LogP contribution in [0, 0.1) is 12.8 Å². The molecule has 0 fully saturated rings. The molecule has 0 bridgehead atoms. The van der Waals surface area contributed by atoms with E-state index in [1.807, 2.05) is 6.92 Å². The van der Waals surface area contributed by atoms with Crippen LogP contribution in [0.3, 0.4) is 0 Å². The molecule has 0 amide bonds. The van der Waals surface area contributed by atoms with Crippen LogP contribution in [0.15, 0.2) is 22.1 Å². The standard InChI is InChI=1S/C12H17N3OS/c1-8(2)12(11-5-4-6-17-11)13-7-10-9(3)14-16-15-10/h4-6,8,12-13H,7H2,1-3H3. The molecule has 0 aromatic carbocycles. The number of aryl methyl sites for hydroxylation is 1. The summed E-state index contributed by atoms with van der Waals surface area (Å²) >= 11 is 1.78. The van der Waals surface area contributed by atoms with Gasteiger partial charge in [-0.15, -0.1) is 11.3 Å². The number of hydrogen-bond donors (Lipinski definition) is 1. The quantitative estimate of drug-likeness (QED) is 0.887. The van der Waals surface area contributed by atoms with E-state index in [0.717, 1.165) is 11.4 Å². The zero-order valence-corrected chi connectivity index (χ0v) is 11.1. The van der Waals surface area contributed by atoms with Crippen molar-refractivity contribution < 1.29 is 4.63 Å². The highest BCUT2D eigenvalue weighted by Crippen LogP contribution is 2.26. The Morgan fingerprint density at radius 2 is 2.24 bits per heavy atom. The van der Waals surface area contributed by atoms with Crippen LogP contribution < -0.4 is 5.32 Å². The van der Waals surface area contributed by atoms with E-state index in [-0.39, 0.29) is 0 Å². The minimum atomic E-state index is 0.353. The lowest BCUT2D eigenvalue weighted by Crippen LogP contribution is -2.25. The molecule has 0 aliphatic heterocycles. The fourth-order valence-corrected chi connectivity index (χ4v) is 2.72. The third kappa shape index (κ3) is 2.92. The molecule has 0 spiro atoms. The predicted octanol–water partition coefficient (Wildman–Crippen LogP) is 2.93. The summed E-state index contributed by atoms with van der Waals surface area (Å²) in [6.45, 7) is 7.02. The lowest BCUT2D eigenvalue weighted by molar-refractivity contribution is 0.298. The summed E-state index contributed by atoms with van der Waals surface area (Å²) < 4.78 is 4.69. The van der Waals surface area contributed by atoms with E-state index in [2.05, 4.69) is 47.0 Å². The van der Waals surface area contributed by atoms with Gasteiger partial charge in [0.1, 0.15) is 11.4 Å². The highest BCUT2D eigenvalue weighted by molar-refractivity contribution is 7.10. The summed E-state index contributed by atoms with van der Waals surface area (Å²) in [4.78, 5) is 1.36. The topological polar surface area (TPSA) is 51.0 Å². The van der Waals surface area contributed by atoms with Gasteiger partial charge in [0.25, 0.3) is 0 Å². The van der Waals surface area contributed by atoms with Crippen molar-refractivity contribution in [1.29, 1.82) is 0 Å².